The molecule has 3 aromatic heterocycles. The molecule has 3 aromatic rings. The first-order valence-corrected chi connectivity index (χ1v) is 9.68. The lowest BCUT2D eigenvalue weighted by atomic mass is 9.89. The molecule has 1 atom stereocenters. The fraction of sp³-hybridized carbons (Fsp3) is 0.444. The summed E-state index contributed by atoms with van der Waals surface area (Å²) in [5.74, 6) is 0.686. The summed E-state index contributed by atoms with van der Waals surface area (Å²) in [6.07, 6.45) is 4.70. The molecule has 3 heterocycles. The van der Waals surface area contributed by atoms with Crippen LogP contribution < -0.4 is 11.0 Å². The van der Waals surface area contributed by atoms with E-state index in [1.54, 1.807) is 35.2 Å². The normalized spacial score (nSPS) is 16.7. The Kier molecular flexibility index (Phi) is 4.14. The molecular weight excluding hydrogens is 350 g/mol. The molecule has 0 saturated heterocycles. The Labute approximate surface area is 154 Å². The number of thiophene rings is 1. The molecule has 1 aliphatic carbocycles. The summed E-state index contributed by atoms with van der Waals surface area (Å²) in [7, 11) is 0. The Balaban J connectivity index is 1.75. The van der Waals surface area contributed by atoms with Crippen LogP contribution in [0.1, 0.15) is 47.0 Å². The van der Waals surface area contributed by atoms with Gasteiger partial charge in [-0.05, 0) is 50.7 Å². The van der Waals surface area contributed by atoms with Gasteiger partial charge in [-0.15, -0.1) is 11.3 Å². The van der Waals surface area contributed by atoms with Gasteiger partial charge in [0.1, 0.15) is 10.7 Å². The first kappa shape index (κ1) is 17.0. The second-order valence-corrected chi connectivity index (χ2v) is 7.91. The number of nitrogens with one attached hydrogen (secondary N) is 1. The van der Waals surface area contributed by atoms with Crippen LogP contribution in [0.2, 0.25) is 0 Å². The molecule has 0 aliphatic heterocycles. The van der Waals surface area contributed by atoms with E-state index in [1.165, 1.54) is 9.55 Å². The zero-order chi connectivity index (χ0) is 18.4. The van der Waals surface area contributed by atoms with Gasteiger partial charge < -0.3 is 0 Å². The van der Waals surface area contributed by atoms with Crippen molar-refractivity contribution in [3.05, 3.63) is 44.6 Å². The standard InChI is InChI=1S/C18H21N5O2S/c1-4-22-8-7-13(20-22)16(24)21-23-11(3)19-17-15(18(23)25)12-6-5-10(2)9-14(12)26-17/h7-8,10H,4-6,9H2,1-3H3,(H,21,24)/t10-/m1/s1. The number of rotatable bonds is 3. The molecular formula is C18H21N5O2S. The zero-order valence-corrected chi connectivity index (χ0v) is 15.9. The lowest BCUT2D eigenvalue weighted by molar-refractivity contribution is 0.100. The van der Waals surface area contributed by atoms with Gasteiger partial charge in [-0.2, -0.15) is 5.10 Å². The minimum Gasteiger partial charge on any atom is -0.272 e. The number of carbonyl (C=O) groups excluding carboxylic acids is 1. The number of nitrogens with zero attached hydrogens (tertiary/aromatic N) is 4. The highest BCUT2D eigenvalue weighted by Gasteiger charge is 2.24. The molecule has 26 heavy (non-hydrogen) atoms. The van der Waals surface area contributed by atoms with Crippen LogP contribution in [0.5, 0.6) is 0 Å². The second kappa shape index (κ2) is 6.35. The topological polar surface area (TPSA) is 81.8 Å². The van der Waals surface area contributed by atoms with E-state index in [1.807, 2.05) is 6.92 Å². The van der Waals surface area contributed by atoms with Crippen molar-refractivity contribution in [1.29, 1.82) is 0 Å². The van der Waals surface area contributed by atoms with Crippen LogP contribution >= 0.6 is 11.3 Å². The summed E-state index contributed by atoms with van der Waals surface area (Å²) in [6.45, 7) is 6.59. The van der Waals surface area contributed by atoms with Gasteiger partial charge in [-0.1, -0.05) is 6.92 Å². The van der Waals surface area contributed by atoms with E-state index in [2.05, 4.69) is 22.4 Å². The highest BCUT2D eigenvalue weighted by atomic mass is 32.1. The number of aromatic nitrogens is 4. The summed E-state index contributed by atoms with van der Waals surface area (Å²) in [5, 5.41) is 4.84. The van der Waals surface area contributed by atoms with Gasteiger partial charge in [0.25, 0.3) is 11.5 Å². The fourth-order valence-corrected chi connectivity index (χ4v) is 4.86. The summed E-state index contributed by atoms with van der Waals surface area (Å²) in [4.78, 5) is 32.2. The van der Waals surface area contributed by atoms with Crippen LogP contribution in [-0.4, -0.2) is 25.3 Å². The van der Waals surface area contributed by atoms with Gasteiger partial charge in [-0.3, -0.25) is 19.7 Å². The Hall–Kier alpha value is -2.48. The zero-order valence-electron chi connectivity index (χ0n) is 15.1. The van der Waals surface area contributed by atoms with Crippen molar-refractivity contribution in [3.63, 3.8) is 0 Å². The molecule has 1 aliphatic rings. The molecule has 1 amide bonds. The predicted molar refractivity (Wildman–Crippen MR) is 101 cm³/mol. The molecule has 0 bridgehead atoms. The van der Waals surface area contributed by atoms with Gasteiger partial charge >= 0.3 is 0 Å². The van der Waals surface area contributed by atoms with Crippen molar-refractivity contribution < 1.29 is 4.79 Å². The lowest BCUT2D eigenvalue weighted by Gasteiger charge is -2.17. The van der Waals surface area contributed by atoms with Crippen LogP contribution in [0, 0.1) is 12.8 Å². The van der Waals surface area contributed by atoms with E-state index in [4.69, 9.17) is 0 Å². The second-order valence-electron chi connectivity index (χ2n) is 6.83. The largest absolute Gasteiger partial charge is 0.290 e. The van der Waals surface area contributed by atoms with Gasteiger partial charge in [-0.25, -0.2) is 9.66 Å². The lowest BCUT2D eigenvalue weighted by Crippen LogP contribution is -2.35. The molecule has 0 radical (unpaired) electrons. The number of carbonyl (C=O) groups is 1. The van der Waals surface area contributed by atoms with E-state index in [9.17, 15) is 9.59 Å². The number of amides is 1. The third-order valence-corrected chi connectivity index (χ3v) is 6.06. The van der Waals surface area contributed by atoms with E-state index >= 15 is 0 Å². The van der Waals surface area contributed by atoms with Gasteiger partial charge in [0, 0.05) is 17.6 Å². The first-order chi connectivity index (χ1) is 12.5. The molecule has 0 aromatic carbocycles. The minimum atomic E-state index is -0.415. The maximum Gasteiger partial charge on any atom is 0.290 e. The smallest absolute Gasteiger partial charge is 0.272 e. The van der Waals surface area contributed by atoms with Crippen molar-refractivity contribution in [2.45, 2.75) is 46.6 Å². The molecule has 4 rings (SSSR count). The Morgan fingerprint density at radius 3 is 3.00 bits per heavy atom. The third kappa shape index (κ3) is 2.74. The molecule has 0 saturated carbocycles. The molecule has 0 spiro atoms. The quantitative estimate of drug-likeness (QED) is 0.767. The van der Waals surface area contributed by atoms with Gasteiger partial charge in [0.05, 0.1) is 5.39 Å². The van der Waals surface area contributed by atoms with Crippen LogP contribution in [0.25, 0.3) is 10.2 Å². The summed E-state index contributed by atoms with van der Waals surface area (Å²) >= 11 is 1.61. The Bertz CT molecular complexity index is 1060. The number of fused-ring (bicyclic) bond motifs is 3. The van der Waals surface area contributed by atoms with Crippen LogP contribution in [0.4, 0.5) is 0 Å². The molecule has 136 valence electrons. The number of hydrogen-bond acceptors (Lipinski definition) is 5. The Morgan fingerprint density at radius 2 is 2.27 bits per heavy atom. The number of aryl methyl sites for hydroxylation is 3. The van der Waals surface area contributed by atoms with Crippen molar-refractivity contribution >= 4 is 27.5 Å². The van der Waals surface area contributed by atoms with Crippen molar-refractivity contribution in [1.82, 2.24) is 19.4 Å². The van der Waals surface area contributed by atoms with Crippen LogP contribution in [-0.2, 0) is 19.4 Å². The minimum absolute atomic E-state index is 0.206. The maximum atomic E-state index is 13.1. The SMILES string of the molecule is CCn1ccc(C(=O)Nn2c(C)nc3sc4c(c3c2=O)CC[C@@H](C)C4)n1. The highest BCUT2D eigenvalue weighted by molar-refractivity contribution is 7.18. The van der Waals surface area contributed by atoms with Crippen LogP contribution in [0.15, 0.2) is 17.1 Å². The van der Waals surface area contributed by atoms with E-state index in [0.717, 1.165) is 29.7 Å². The first-order valence-electron chi connectivity index (χ1n) is 8.86. The summed E-state index contributed by atoms with van der Waals surface area (Å²) in [5.41, 5.74) is 3.84. The Morgan fingerprint density at radius 1 is 1.46 bits per heavy atom. The number of hydrogen-bond donors (Lipinski definition) is 1. The average Bonchev–Trinajstić information content (AvgIpc) is 3.22. The molecule has 7 nitrogen and oxygen atoms in total. The van der Waals surface area contributed by atoms with Crippen molar-refractivity contribution in [2.24, 2.45) is 5.92 Å². The molecule has 0 fully saturated rings. The highest BCUT2D eigenvalue weighted by Crippen LogP contribution is 2.35. The van der Waals surface area contributed by atoms with E-state index in [-0.39, 0.29) is 11.3 Å². The van der Waals surface area contributed by atoms with Gasteiger partial charge in [0.2, 0.25) is 0 Å². The van der Waals surface area contributed by atoms with Crippen molar-refractivity contribution in [3.8, 4) is 0 Å². The van der Waals surface area contributed by atoms with Crippen LogP contribution in [0.3, 0.4) is 0 Å². The molecule has 8 heteroatoms. The fourth-order valence-electron chi connectivity index (χ4n) is 3.44. The monoisotopic (exact) mass is 371 g/mol. The molecule has 0 unspecified atom stereocenters. The maximum absolute atomic E-state index is 13.1. The van der Waals surface area contributed by atoms with Crippen molar-refractivity contribution in [2.75, 3.05) is 5.43 Å². The van der Waals surface area contributed by atoms with E-state index in [0.29, 0.717) is 23.7 Å². The summed E-state index contributed by atoms with van der Waals surface area (Å²) < 4.78 is 2.92. The average molecular weight is 371 g/mol. The van der Waals surface area contributed by atoms with E-state index < -0.39 is 5.91 Å². The third-order valence-electron chi connectivity index (χ3n) is 4.91. The molecule has 1 N–H and O–H groups in total. The predicted octanol–water partition coefficient (Wildman–Crippen LogP) is 2.49. The summed E-state index contributed by atoms with van der Waals surface area (Å²) in [6, 6.07) is 1.64. The van der Waals surface area contributed by atoms with Gasteiger partial charge in [0.15, 0.2) is 5.69 Å².